The number of benzene rings is 2. The van der Waals surface area contributed by atoms with Crippen LogP contribution in [0.3, 0.4) is 0 Å². The Morgan fingerprint density at radius 1 is 1.08 bits per heavy atom. The molecule has 0 aliphatic rings. The van der Waals surface area contributed by atoms with Gasteiger partial charge in [-0.15, -0.1) is 0 Å². The fourth-order valence-corrected chi connectivity index (χ4v) is 3.24. The Morgan fingerprint density at radius 2 is 1.92 bits per heavy atom. The van der Waals surface area contributed by atoms with Crippen molar-refractivity contribution in [3.63, 3.8) is 0 Å². The fraction of sp³-hybridized carbons (Fsp3) is 0.300. The second kappa shape index (κ2) is 7.57. The van der Waals surface area contributed by atoms with Crippen molar-refractivity contribution in [1.82, 2.24) is 4.98 Å². The van der Waals surface area contributed by atoms with Crippen LogP contribution in [0.2, 0.25) is 0 Å². The second-order valence-electron chi connectivity index (χ2n) is 5.96. The summed E-state index contributed by atoms with van der Waals surface area (Å²) in [5.41, 5.74) is 9.46. The van der Waals surface area contributed by atoms with Crippen molar-refractivity contribution < 1.29 is 13.9 Å². The normalized spacial score (nSPS) is 11.0. The third-order valence-corrected chi connectivity index (χ3v) is 4.42. The molecular formula is C20H23FN2O2. The van der Waals surface area contributed by atoms with Crippen molar-refractivity contribution in [1.29, 1.82) is 0 Å². The van der Waals surface area contributed by atoms with E-state index in [1.807, 2.05) is 18.2 Å². The topological polar surface area (TPSA) is 60.3 Å². The van der Waals surface area contributed by atoms with Crippen molar-refractivity contribution in [3.05, 3.63) is 47.8 Å². The Balaban J connectivity index is 2.20. The number of aromatic nitrogens is 1. The lowest BCUT2D eigenvalue weighted by atomic mass is 9.99. The Bertz CT molecular complexity index is 874. The minimum atomic E-state index is -0.240. The van der Waals surface area contributed by atoms with Gasteiger partial charge < -0.3 is 20.2 Å². The highest BCUT2D eigenvalue weighted by atomic mass is 19.1. The molecule has 0 fully saturated rings. The molecule has 0 bridgehead atoms. The van der Waals surface area contributed by atoms with Gasteiger partial charge in [-0.2, -0.15) is 0 Å². The first-order chi connectivity index (χ1) is 12.2. The number of hydrogen-bond donors (Lipinski definition) is 2. The number of unbranched alkanes of at least 4 members (excludes halogenated alkanes) is 1. The van der Waals surface area contributed by atoms with E-state index in [4.69, 9.17) is 15.2 Å². The smallest absolute Gasteiger partial charge is 0.170 e. The summed E-state index contributed by atoms with van der Waals surface area (Å²) in [5.74, 6) is 1.09. The number of nitrogens with two attached hydrogens (primary N) is 1. The van der Waals surface area contributed by atoms with Crippen LogP contribution in [0.4, 0.5) is 4.39 Å². The quantitative estimate of drug-likeness (QED) is 0.630. The molecule has 3 N–H and O–H groups in total. The number of halogens is 1. The average molecular weight is 342 g/mol. The van der Waals surface area contributed by atoms with E-state index in [2.05, 4.69) is 4.98 Å². The van der Waals surface area contributed by atoms with E-state index in [-0.39, 0.29) is 5.82 Å². The Labute approximate surface area is 146 Å². The highest BCUT2D eigenvalue weighted by Gasteiger charge is 2.19. The van der Waals surface area contributed by atoms with Gasteiger partial charge in [0.05, 0.1) is 19.9 Å². The Morgan fingerprint density at radius 3 is 2.64 bits per heavy atom. The zero-order valence-electron chi connectivity index (χ0n) is 14.6. The van der Waals surface area contributed by atoms with E-state index in [0.29, 0.717) is 18.0 Å². The molecule has 0 radical (unpaired) electrons. The van der Waals surface area contributed by atoms with Gasteiger partial charge in [-0.05, 0) is 61.7 Å². The van der Waals surface area contributed by atoms with E-state index in [1.54, 1.807) is 26.4 Å². The molecule has 1 aromatic heterocycles. The molecule has 132 valence electrons. The first-order valence-corrected chi connectivity index (χ1v) is 8.41. The summed E-state index contributed by atoms with van der Waals surface area (Å²) in [6.45, 7) is 0.647. The van der Waals surface area contributed by atoms with Crippen molar-refractivity contribution in [2.24, 2.45) is 5.73 Å². The lowest BCUT2D eigenvalue weighted by Crippen LogP contribution is -2.00. The van der Waals surface area contributed by atoms with Crippen LogP contribution in [0.5, 0.6) is 11.5 Å². The predicted molar refractivity (Wildman–Crippen MR) is 98.8 cm³/mol. The van der Waals surface area contributed by atoms with E-state index < -0.39 is 0 Å². The maximum atomic E-state index is 13.8. The highest BCUT2D eigenvalue weighted by Crippen LogP contribution is 2.41. The molecule has 0 amide bonds. The molecule has 0 unspecified atom stereocenters. The number of H-pyrrole nitrogens is 1. The van der Waals surface area contributed by atoms with Crippen LogP contribution in [0.15, 0.2) is 36.4 Å². The van der Waals surface area contributed by atoms with Crippen LogP contribution >= 0.6 is 0 Å². The molecule has 25 heavy (non-hydrogen) atoms. The molecule has 0 aliphatic heterocycles. The number of fused-ring (bicyclic) bond motifs is 1. The minimum absolute atomic E-state index is 0.240. The highest BCUT2D eigenvalue weighted by molar-refractivity contribution is 5.92. The molecule has 5 heteroatoms. The molecule has 0 atom stereocenters. The largest absolute Gasteiger partial charge is 0.493 e. The third-order valence-electron chi connectivity index (χ3n) is 4.42. The first-order valence-electron chi connectivity index (χ1n) is 8.41. The molecule has 1 heterocycles. The van der Waals surface area contributed by atoms with Gasteiger partial charge >= 0.3 is 0 Å². The van der Waals surface area contributed by atoms with Crippen LogP contribution in [0, 0.1) is 5.82 Å². The standard InChI is InChI=1S/C20H23FN2O2/c1-24-18-8-5-7-15(20(18)25-2)19-14(6-3-4-11-22)16-12-13(21)9-10-17(16)23-19/h5,7-10,12,23H,3-4,6,11,22H2,1-2H3. The number of para-hydroxylation sites is 1. The monoisotopic (exact) mass is 342 g/mol. The fourth-order valence-electron chi connectivity index (χ4n) is 3.24. The van der Waals surface area contributed by atoms with Gasteiger partial charge in [-0.25, -0.2) is 4.39 Å². The Kier molecular flexibility index (Phi) is 5.24. The van der Waals surface area contributed by atoms with Gasteiger partial charge in [0, 0.05) is 16.5 Å². The lowest BCUT2D eigenvalue weighted by molar-refractivity contribution is 0.356. The number of aromatic amines is 1. The maximum absolute atomic E-state index is 13.8. The number of aryl methyl sites for hydroxylation is 1. The molecule has 3 aromatic rings. The van der Waals surface area contributed by atoms with E-state index in [0.717, 1.165) is 47.0 Å². The molecule has 0 aliphatic carbocycles. The summed E-state index contributed by atoms with van der Waals surface area (Å²) in [4.78, 5) is 3.43. The number of methoxy groups -OCH3 is 2. The number of rotatable bonds is 7. The Hall–Kier alpha value is -2.53. The summed E-state index contributed by atoms with van der Waals surface area (Å²) in [5, 5.41) is 0.900. The lowest BCUT2D eigenvalue weighted by Gasteiger charge is -2.13. The van der Waals surface area contributed by atoms with Gasteiger partial charge in [0.25, 0.3) is 0 Å². The second-order valence-corrected chi connectivity index (χ2v) is 5.96. The maximum Gasteiger partial charge on any atom is 0.170 e. The van der Waals surface area contributed by atoms with Crippen molar-refractivity contribution in [2.45, 2.75) is 19.3 Å². The van der Waals surface area contributed by atoms with Gasteiger partial charge in [-0.3, -0.25) is 0 Å². The number of nitrogens with one attached hydrogen (secondary N) is 1. The number of ether oxygens (including phenoxy) is 2. The van der Waals surface area contributed by atoms with Crippen LogP contribution in [0.1, 0.15) is 18.4 Å². The van der Waals surface area contributed by atoms with E-state index in [9.17, 15) is 4.39 Å². The zero-order chi connectivity index (χ0) is 17.8. The molecule has 2 aromatic carbocycles. The molecule has 0 spiro atoms. The molecule has 4 nitrogen and oxygen atoms in total. The first kappa shape index (κ1) is 17.3. The van der Waals surface area contributed by atoms with Gasteiger partial charge in [0.15, 0.2) is 11.5 Å². The summed E-state index contributed by atoms with van der Waals surface area (Å²) >= 11 is 0. The van der Waals surface area contributed by atoms with Crippen LogP contribution in [-0.4, -0.2) is 25.7 Å². The van der Waals surface area contributed by atoms with E-state index >= 15 is 0 Å². The summed E-state index contributed by atoms with van der Waals surface area (Å²) < 4.78 is 24.8. The molecule has 0 saturated heterocycles. The van der Waals surface area contributed by atoms with Crippen molar-refractivity contribution in [3.8, 4) is 22.8 Å². The third kappa shape index (κ3) is 3.33. The predicted octanol–water partition coefficient (Wildman–Crippen LogP) is 4.27. The zero-order valence-corrected chi connectivity index (χ0v) is 14.6. The van der Waals surface area contributed by atoms with Gasteiger partial charge in [0.1, 0.15) is 5.82 Å². The molecule has 0 saturated carbocycles. The SMILES string of the molecule is COc1cccc(-c2[nH]c3ccc(F)cc3c2CCCCN)c1OC. The van der Waals surface area contributed by atoms with Crippen molar-refractivity contribution in [2.75, 3.05) is 20.8 Å². The van der Waals surface area contributed by atoms with Crippen molar-refractivity contribution >= 4 is 10.9 Å². The van der Waals surface area contributed by atoms with Gasteiger partial charge in [-0.1, -0.05) is 6.07 Å². The average Bonchev–Trinajstić information content (AvgIpc) is 2.98. The van der Waals surface area contributed by atoms with Crippen LogP contribution < -0.4 is 15.2 Å². The summed E-state index contributed by atoms with van der Waals surface area (Å²) in [6.07, 6.45) is 2.69. The number of hydrogen-bond acceptors (Lipinski definition) is 3. The van der Waals surface area contributed by atoms with Gasteiger partial charge in [0.2, 0.25) is 0 Å². The molecule has 3 rings (SSSR count). The summed E-state index contributed by atoms with van der Waals surface area (Å²) in [6, 6.07) is 10.6. The summed E-state index contributed by atoms with van der Waals surface area (Å²) in [7, 11) is 3.24. The molecular weight excluding hydrogens is 319 g/mol. The van der Waals surface area contributed by atoms with Crippen LogP contribution in [-0.2, 0) is 6.42 Å². The van der Waals surface area contributed by atoms with E-state index in [1.165, 1.54) is 6.07 Å². The van der Waals surface area contributed by atoms with Crippen LogP contribution in [0.25, 0.3) is 22.2 Å². The minimum Gasteiger partial charge on any atom is -0.493 e.